The minimum absolute atomic E-state index is 0.759. The molecule has 128 valence electrons. The fourth-order valence-electron chi connectivity index (χ4n) is 2.62. The zero-order valence-electron chi connectivity index (χ0n) is 13.7. The molecule has 1 aliphatic rings. The Morgan fingerprint density at radius 2 is 1.96 bits per heavy atom. The maximum Gasteiger partial charge on any atom is 0.161 e. The molecule has 3 rings (SSSR count). The van der Waals surface area contributed by atoms with Gasteiger partial charge in [0.15, 0.2) is 11.5 Å². The summed E-state index contributed by atoms with van der Waals surface area (Å²) in [7, 11) is 3.32. The standard InChI is InChI=1S/C17H20N2O2S3/c1-20-15-6-5-13(8-16(15)21-2)9-18-11-19(17(22)24-12-18)10-14-4-3-7-23-14/h3-8H,9-12H2,1-2H3. The van der Waals surface area contributed by atoms with Gasteiger partial charge >= 0.3 is 0 Å². The molecule has 7 heteroatoms. The van der Waals surface area contributed by atoms with Crippen LogP contribution in [0.5, 0.6) is 11.5 Å². The predicted molar refractivity (Wildman–Crippen MR) is 105 cm³/mol. The number of hydrogen-bond donors (Lipinski definition) is 0. The van der Waals surface area contributed by atoms with Crippen molar-refractivity contribution in [3.63, 3.8) is 0 Å². The molecule has 2 aromatic rings. The lowest BCUT2D eigenvalue weighted by atomic mass is 10.2. The van der Waals surface area contributed by atoms with Gasteiger partial charge in [-0.05, 0) is 29.1 Å². The van der Waals surface area contributed by atoms with E-state index in [4.69, 9.17) is 21.7 Å². The average Bonchev–Trinajstić information content (AvgIpc) is 3.11. The number of hydrogen-bond acceptors (Lipinski definition) is 6. The van der Waals surface area contributed by atoms with E-state index in [0.29, 0.717) is 0 Å². The van der Waals surface area contributed by atoms with Crippen LogP contribution in [0.3, 0.4) is 0 Å². The van der Waals surface area contributed by atoms with E-state index in [9.17, 15) is 0 Å². The number of thiocarbonyl (C=S) groups is 1. The summed E-state index contributed by atoms with van der Waals surface area (Å²) >= 11 is 9.02. The van der Waals surface area contributed by atoms with Crippen molar-refractivity contribution in [1.82, 2.24) is 9.80 Å². The number of nitrogens with zero attached hydrogens (tertiary/aromatic N) is 2. The van der Waals surface area contributed by atoms with E-state index < -0.39 is 0 Å². The molecule has 0 spiro atoms. The Hall–Kier alpha value is -1.28. The summed E-state index contributed by atoms with van der Waals surface area (Å²) in [4.78, 5) is 5.98. The average molecular weight is 381 g/mol. The molecule has 0 aliphatic carbocycles. The maximum atomic E-state index is 5.52. The van der Waals surface area contributed by atoms with Crippen molar-refractivity contribution in [1.29, 1.82) is 0 Å². The highest BCUT2D eigenvalue weighted by Crippen LogP contribution is 2.29. The first kappa shape index (κ1) is 17.5. The lowest BCUT2D eigenvalue weighted by Crippen LogP contribution is -2.43. The molecule has 0 saturated carbocycles. The van der Waals surface area contributed by atoms with E-state index in [2.05, 4.69) is 33.4 Å². The van der Waals surface area contributed by atoms with Crippen molar-refractivity contribution in [3.8, 4) is 11.5 Å². The summed E-state index contributed by atoms with van der Waals surface area (Å²) in [5, 5.41) is 2.11. The predicted octanol–water partition coefficient (Wildman–Crippen LogP) is 4.02. The van der Waals surface area contributed by atoms with E-state index in [0.717, 1.165) is 41.5 Å². The molecule has 0 bridgehead atoms. The minimum atomic E-state index is 0.759. The molecule has 1 fully saturated rings. The zero-order valence-corrected chi connectivity index (χ0v) is 16.2. The summed E-state index contributed by atoms with van der Waals surface area (Å²) in [6.45, 7) is 2.58. The van der Waals surface area contributed by atoms with Crippen molar-refractivity contribution in [3.05, 3.63) is 46.2 Å². The summed E-state index contributed by atoms with van der Waals surface area (Å²) in [5.74, 6) is 2.44. The molecule has 1 aliphatic heterocycles. The topological polar surface area (TPSA) is 24.9 Å². The third kappa shape index (κ3) is 4.22. The minimum Gasteiger partial charge on any atom is -0.493 e. The van der Waals surface area contributed by atoms with Gasteiger partial charge in [-0.3, -0.25) is 4.90 Å². The summed E-state index contributed by atoms with van der Waals surface area (Å²) in [6, 6.07) is 10.3. The van der Waals surface area contributed by atoms with Gasteiger partial charge in [0.05, 0.1) is 33.3 Å². The van der Waals surface area contributed by atoms with Crippen LogP contribution >= 0.6 is 35.3 Å². The molecule has 1 aromatic heterocycles. The highest BCUT2D eigenvalue weighted by molar-refractivity contribution is 8.22. The Morgan fingerprint density at radius 1 is 1.12 bits per heavy atom. The molecule has 0 amide bonds. The zero-order chi connectivity index (χ0) is 16.9. The number of rotatable bonds is 6. The molecule has 0 N–H and O–H groups in total. The summed E-state index contributed by atoms with van der Waals surface area (Å²) in [6.07, 6.45) is 0. The van der Waals surface area contributed by atoms with E-state index >= 15 is 0 Å². The van der Waals surface area contributed by atoms with Gasteiger partial charge in [0.2, 0.25) is 0 Å². The Balaban J connectivity index is 1.65. The lowest BCUT2D eigenvalue weighted by Gasteiger charge is -2.36. The van der Waals surface area contributed by atoms with Crippen LogP contribution in [-0.2, 0) is 13.1 Å². The van der Waals surface area contributed by atoms with Crippen LogP contribution in [0.4, 0.5) is 0 Å². The maximum absolute atomic E-state index is 5.52. The third-order valence-corrected chi connectivity index (χ3v) is 6.25. The van der Waals surface area contributed by atoms with Crippen molar-refractivity contribution in [2.75, 3.05) is 26.8 Å². The Kier molecular flexibility index (Phi) is 5.99. The Morgan fingerprint density at radius 3 is 2.67 bits per heavy atom. The summed E-state index contributed by atoms with van der Waals surface area (Å²) < 4.78 is 11.7. The van der Waals surface area contributed by atoms with Gasteiger partial charge in [-0.15, -0.1) is 11.3 Å². The number of benzene rings is 1. The molecule has 0 unspecified atom stereocenters. The van der Waals surface area contributed by atoms with E-state index in [1.165, 1.54) is 10.4 Å². The van der Waals surface area contributed by atoms with Gasteiger partial charge in [-0.1, -0.05) is 36.1 Å². The quantitative estimate of drug-likeness (QED) is 0.702. The highest BCUT2D eigenvalue weighted by Gasteiger charge is 2.22. The number of methoxy groups -OCH3 is 2. The van der Waals surface area contributed by atoms with E-state index in [-0.39, 0.29) is 0 Å². The molecule has 1 saturated heterocycles. The van der Waals surface area contributed by atoms with Crippen LogP contribution in [0.1, 0.15) is 10.4 Å². The fraction of sp³-hybridized carbons (Fsp3) is 0.353. The van der Waals surface area contributed by atoms with Crippen LogP contribution in [0.25, 0.3) is 0 Å². The molecule has 4 nitrogen and oxygen atoms in total. The smallest absolute Gasteiger partial charge is 0.161 e. The first-order chi connectivity index (χ1) is 11.7. The molecule has 2 heterocycles. The van der Waals surface area contributed by atoms with Crippen molar-refractivity contribution < 1.29 is 9.47 Å². The Labute approximate surface area is 156 Å². The normalized spacial score (nSPS) is 15.6. The van der Waals surface area contributed by atoms with Crippen molar-refractivity contribution in [2.45, 2.75) is 13.1 Å². The molecular weight excluding hydrogens is 360 g/mol. The largest absolute Gasteiger partial charge is 0.493 e. The number of ether oxygens (including phenoxy) is 2. The van der Waals surface area contributed by atoms with Gasteiger partial charge in [0, 0.05) is 11.4 Å². The number of thioether (sulfide) groups is 1. The first-order valence-corrected chi connectivity index (χ1v) is 9.84. The van der Waals surface area contributed by atoms with Gasteiger partial charge in [-0.25, -0.2) is 0 Å². The van der Waals surface area contributed by atoms with E-state index in [1.807, 2.05) is 12.1 Å². The molecule has 24 heavy (non-hydrogen) atoms. The van der Waals surface area contributed by atoms with E-state index in [1.54, 1.807) is 37.3 Å². The first-order valence-electron chi connectivity index (χ1n) is 7.57. The van der Waals surface area contributed by atoms with Gasteiger partial charge < -0.3 is 14.4 Å². The molecule has 0 atom stereocenters. The molecule has 1 aromatic carbocycles. The van der Waals surface area contributed by atoms with Crippen molar-refractivity contribution in [2.24, 2.45) is 0 Å². The van der Waals surface area contributed by atoms with Crippen LogP contribution in [0.2, 0.25) is 0 Å². The van der Waals surface area contributed by atoms with Crippen LogP contribution in [0.15, 0.2) is 35.7 Å². The third-order valence-electron chi connectivity index (χ3n) is 3.78. The fourth-order valence-corrected chi connectivity index (χ4v) is 4.39. The SMILES string of the molecule is COc1ccc(CN2CSC(=S)N(Cc3cccs3)C2)cc1OC. The molecular formula is C17H20N2O2S3. The van der Waals surface area contributed by atoms with Crippen molar-refractivity contribution >= 4 is 39.6 Å². The van der Waals surface area contributed by atoms with Crippen LogP contribution in [-0.4, -0.2) is 40.9 Å². The van der Waals surface area contributed by atoms with Gasteiger partial charge in [0.25, 0.3) is 0 Å². The highest BCUT2D eigenvalue weighted by atomic mass is 32.2. The monoisotopic (exact) mass is 380 g/mol. The second kappa shape index (κ2) is 8.20. The summed E-state index contributed by atoms with van der Waals surface area (Å²) in [5.41, 5.74) is 1.21. The lowest BCUT2D eigenvalue weighted by molar-refractivity contribution is 0.201. The van der Waals surface area contributed by atoms with Crippen LogP contribution < -0.4 is 9.47 Å². The second-order valence-corrected chi connectivity index (χ2v) is 8.09. The second-order valence-electron chi connectivity index (χ2n) is 5.48. The molecule has 0 radical (unpaired) electrons. The number of thiophene rings is 1. The van der Waals surface area contributed by atoms with Gasteiger partial charge in [-0.2, -0.15) is 0 Å². The van der Waals surface area contributed by atoms with Gasteiger partial charge in [0.1, 0.15) is 4.32 Å². The van der Waals surface area contributed by atoms with Crippen LogP contribution in [0, 0.1) is 0 Å². The Bertz CT molecular complexity index is 691.